The second kappa shape index (κ2) is 7.68. The Hall–Kier alpha value is -3.00. The predicted molar refractivity (Wildman–Crippen MR) is 108 cm³/mol. The lowest BCUT2D eigenvalue weighted by Crippen LogP contribution is -2.34. The van der Waals surface area contributed by atoms with Crippen LogP contribution in [0.2, 0.25) is 0 Å². The molecule has 2 aliphatic rings. The van der Waals surface area contributed by atoms with Crippen LogP contribution in [0, 0.1) is 11.8 Å². The number of aliphatic hydroxyl groups excluding tert-OH is 1. The standard InChI is InChI=1S/C22H26O8/c1-26-14-6-10-5-11-9-30-20-12(7-15(27-2)19(25)22(20)29-4)17(13(11)8-23)16(10)21(28-3)18(14)24/h6-7,11,13,17,23-25H,5,8-9H2,1-4H3/t11-,13-,17+/m0/s1. The van der Waals surface area contributed by atoms with Gasteiger partial charge in [0.25, 0.3) is 0 Å². The first-order valence-corrected chi connectivity index (χ1v) is 9.68. The number of rotatable bonds is 5. The Balaban J connectivity index is 2.07. The third-order valence-corrected chi connectivity index (χ3v) is 6.21. The van der Waals surface area contributed by atoms with Crippen LogP contribution in [-0.4, -0.2) is 57.0 Å². The first kappa shape index (κ1) is 20.3. The molecular formula is C22H26O8. The van der Waals surface area contributed by atoms with Gasteiger partial charge in [-0.2, -0.15) is 0 Å². The first-order valence-electron chi connectivity index (χ1n) is 9.68. The number of methoxy groups -OCH3 is 4. The van der Waals surface area contributed by atoms with E-state index < -0.39 is 0 Å². The lowest BCUT2D eigenvalue weighted by molar-refractivity contribution is 0.121. The van der Waals surface area contributed by atoms with Crippen LogP contribution in [0.1, 0.15) is 22.6 Å². The van der Waals surface area contributed by atoms with E-state index in [0.29, 0.717) is 35.8 Å². The zero-order chi connectivity index (χ0) is 21.6. The minimum absolute atomic E-state index is 0.00306. The van der Waals surface area contributed by atoms with Crippen LogP contribution >= 0.6 is 0 Å². The molecule has 3 atom stereocenters. The summed E-state index contributed by atoms with van der Waals surface area (Å²) in [4.78, 5) is 0. The Morgan fingerprint density at radius 1 is 0.933 bits per heavy atom. The molecular weight excluding hydrogens is 392 g/mol. The number of phenols is 2. The molecule has 0 spiro atoms. The van der Waals surface area contributed by atoms with Crippen molar-refractivity contribution >= 4 is 0 Å². The van der Waals surface area contributed by atoms with Crippen molar-refractivity contribution in [3.8, 4) is 40.2 Å². The molecule has 2 aromatic rings. The predicted octanol–water partition coefficient (Wildman–Crippen LogP) is 2.44. The summed E-state index contributed by atoms with van der Waals surface area (Å²) in [7, 11) is 5.88. The molecule has 2 aromatic carbocycles. The van der Waals surface area contributed by atoms with Gasteiger partial charge in [0.1, 0.15) is 0 Å². The van der Waals surface area contributed by atoms with Crippen molar-refractivity contribution in [2.45, 2.75) is 12.3 Å². The summed E-state index contributed by atoms with van der Waals surface area (Å²) in [5, 5.41) is 31.6. The number of aromatic hydroxyl groups is 2. The van der Waals surface area contributed by atoms with E-state index in [-0.39, 0.29) is 47.4 Å². The number of benzene rings is 2. The summed E-state index contributed by atoms with van der Waals surface area (Å²) < 4.78 is 27.8. The maximum atomic E-state index is 10.7. The van der Waals surface area contributed by atoms with Gasteiger partial charge in [-0.3, -0.25) is 0 Å². The fourth-order valence-electron chi connectivity index (χ4n) is 4.85. The number of fused-ring (bicyclic) bond motifs is 6. The molecule has 0 amide bonds. The second-order valence-electron chi connectivity index (χ2n) is 7.51. The van der Waals surface area contributed by atoms with Crippen LogP contribution < -0.4 is 23.7 Å². The highest BCUT2D eigenvalue weighted by molar-refractivity contribution is 5.68. The highest BCUT2D eigenvalue weighted by atomic mass is 16.5. The lowest BCUT2D eigenvalue weighted by atomic mass is 9.67. The normalized spacial score (nSPS) is 21.6. The van der Waals surface area contributed by atoms with Crippen LogP contribution in [0.4, 0.5) is 0 Å². The van der Waals surface area contributed by atoms with Crippen LogP contribution in [0.15, 0.2) is 12.1 Å². The van der Waals surface area contributed by atoms with Gasteiger partial charge in [0, 0.05) is 29.6 Å². The van der Waals surface area contributed by atoms with Gasteiger partial charge in [0.05, 0.1) is 35.0 Å². The molecule has 0 unspecified atom stereocenters. The molecule has 8 heteroatoms. The molecule has 0 saturated heterocycles. The molecule has 1 aliphatic carbocycles. The van der Waals surface area contributed by atoms with Gasteiger partial charge >= 0.3 is 0 Å². The molecule has 1 aliphatic heterocycles. The summed E-state index contributed by atoms with van der Waals surface area (Å²) in [5.41, 5.74) is 2.39. The van der Waals surface area contributed by atoms with Crippen molar-refractivity contribution in [1.29, 1.82) is 0 Å². The van der Waals surface area contributed by atoms with Crippen molar-refractivity contribution in [2.75, 3.05) is 41.7 Å². The van der Waals surface area contributed by atoms with E-state index >= 15 is 0 Å². The SMILES string of the molecule is COc1cc2c(c(OC)c1O)OC[C@@H]1Cc3cc(OC)c(O)c(OC)c3[C@H]2[C@H]1CO. The summed E-state index contributed by atoms with van der Waals surface area (Å²) >= 11 is 0. The van der Waals surface area contributed by atoms with E-state index in [0.717, 1.165) is 11.1 Å². The fraction of sp³-hybridized carbons (Fsp3) is 0.455. The zero-order valence-electron chi connectivity index (χ0n) is 17.4. The van der Waals surface area contributed by atoms with Crippen molar-refractivity contribution < 1.29 is 39.0 Å². The fourth-order valence-corrected chi connectivity index (χ4v) is 4.85. The Kier molecular flexibility index (Phi) is 5.19. The second-order valence-corrected chi connectivity index (χ2v) is 7.51. The molecule has 0 radical (unpaired) electrons. The van der Waals surface area contributed by atoms with E-state index in [9.17, 15) is 15.3 Å². The van der Waals surface area contributed by atoms with Gasteiger partial charge in [-0.15, -0.1) is 0 Å². The molecule has 30 heavy (non-hydrogen) atoms. The molecule has 2 bridgehead atoms. The molecule has 1 heterocycles. The maximum absolute atomic E-state index is 10.7. The summed E-state index contributed by atoms with van der Waals surface area (Å²) in [5.74, 6) is 0.593. The van der Waals surface area contributed by atoms with Crippen molar-refractivity contribution in [3.63, 3.8) is 0 Å². The smallest absolute Gasteiger partial charge is 0.207 e. The third-order valence-electron chi connectivity index (χ3n) is 6.21. The van der Waals surface area contributed by atoms with E-state index in [1.807, 2.05) is 0 Å². The highest BCUT2D eigenvalue weighted by Gasteiger charge is 2.45. The minimum atomic E-state index is -0.378. The van der Waals surface area contributed by atoms with E-state index in [1.165, 1.54) is 28.4 Å². The van der Waals surface area contributed by atoms with Gasteiger partial charge in [0.2, 0.25) is 17.2 Å². The zero-order valence-corrected chi connectivity index (χ0v) is 17.4. The molecule has 8 nitrogen and oxygen atoms in total. The lowest BCUT2D eigenvalue weighted by Gasteiger charge is -2.37. The Morgan fingerprint density at radius 3 is 2.17 bits per heavy atom. The number of hydrogen-bond acceptors (Lipinski definition) is 8. The Labute approximate surface area is 174 Å². The Morgan fingerprint density at radius 2 is 1.57 bits per heavy atom. The minimum Gasteiger partial charge on any atom is -0.502 e. The Bertz CT molecular complexity index is 971. The van der Waals surface area contributed by atoms with E-state index in [2.05, 4.69) is 0 Å². The maximum Gasteiger partial charge on any atom is 0.207 e. The molecule has 0 fully saturated rings. The molecule has 0 saturated carbocycles. The van der Waals surface area contributed by atoms with E-state index in [1.54, 1.807) is 12.1 Å². The largest absolute Gasteiger partial charge is 0.502 e. The average molecular weight is 418 g/mol. The first-order chi connectivity index (χ1) is 14.5. The summed E-state index contributed by atoms with van der Waals surface area (Å²) in [6.07, 6.45) is 0.615. The van der Waals surface area contributed by atoms with Crippen LogP contribution in [0.25, 0.3) is 0 Å². The average Bonchev–Trinajstić information content (AvgIpc) is 2.86. The number of aliphatic hydroxyl groups is 1. The van der Waals surface area contributed by atoms with Crippen molar-refractivity contribution in [1.82, 2.24) is 0 Å². The quantitative estimate of drug-likeness (QED) is 0.680. The molecule has 3 N–H and O–H groups in total. The van der Waals surface area contributed by atoms with Gasteiger partial charge in [-0.05, 0) is 30.0 Å². The molecule has 0 aromatic heterocycles. The monoisotopic (exact) mass is 418 g/mol. The number of ether oxygens (including phenoxy) is 5. The van der Waals surface area contributed by atoms with Crippen LogP contribution in [0.5, 0.6) is 40.2 Å². The third kappa shape index (κ3) is 2.78. The summed E-state index contributed by atoms with van der Waals surface area (Å²) in [6, 6.07) is 3.50. The molecule has 162 valence electrons. The number of phenolic OH excluding ortho intramolecular Hbond substituents is 2. The van der Waals surface area contributed by atoms with Crippen molar-refractivity contribution in [3.05, 3.63) is 28.8 Å². The topological polar surface area (TPSA) is 107 Å². The van der Waals surface area contributed by atoms with E-state index in [4.69, 9.17) is 23.7 Å². The van der Waals surface area contributed by atoms with Crippen LogP contribution in [0.3, 0.4) is 0 Å². The van der Waals surface area contributed by atoms with Gasteiger partial charge < -0.3 is 39.0 Å². The number of hydrogen-bond donors (Lipinski definition) is 3. The van der Waals surface area contributed by atoms with Gasteiger partial charge in [-0.1, -0.05) is 0 Å². The highest BCUT2D eigenvalue weighted by Crippen LogP contribution is 2.59. The van der Waals surface area contributed by atoms with Gasteiger partial charge in [0.15, 0.2) is 23.0 Å². The van der Waals surface area contributed by atoms with Gasteiger partial charge in [-0.25, -0.2) is 0 Å². The summed E-state index contributed by atoms with van der Waals surface area (Å²) in [6.45, 7) is 0.251. The van der Waals surface area contributed by atoms with Crippen molar-refractivity contribution in [2.24, 2.45) is 11.8 Å². The molecule has 4 rings (SSSR count). The van der Waals surface area contributed by atoms with Crippen LogP contribution in [-0.2, 0) is 6.42 Å².